The fourth-order valence-electron chi connectivity index (χ4n) is 5.06. The van der Waals surface area contributed by atoms with E-state index in [0.29, 0.717) is 45.5 Å². The van der Waals surface area contributed by atoms with Crippen LogP contribution in [-0.2, 0) is 19.2 Å². The lowest BCUT2D eigenvalue weighted by Crippen LogP contribution is -2.31. The van der Waals surface area contributed by atoms with Crippen molar-refractivity contribution in [2.75, 3.05) is 0 Å². The van der Waals surface area contributed by atoms with Crippen molar-refractivity contribution < 1.29 is 5.11 Å². The predicted octanol–water partition coefficient (Wildman–Crippen LogP) is 5.13. The topological polar surface area (TPSA) is 72.9 Å². The number of hydrogen-bond donors (Lipinski definition) is 1. The first kappa shape index (κ1) is 24.2. The summed E-state index contributed by atoms with van der Waals surface area (Å²) >= 11 is 6.18. The lowest BCUT2D eigenvalue weighted by molar-refractivity contribution is 0.117. The summed E-state index contributed by atoms with van der Waals surface area (Å²) in [6.07, 6.45) is 12.8. The summed E-state index contributed by atoms with van der Waals surface area (Å²) < 4.78 is 3.53. The van der Waals surface area contributed by atoms with Gasteiger partial charge in [-0.2, -0.15) is 0 Å². The molecule has 6 nitrogen and oxygen atoms in total. The van der Waals surface area contributed by atoms with Crippen LogP contribution in [0.4, 0.5) is 0 Å². The van der Waals surface area contributed by atoms with E-state index < -0.39 is 5.60 Å². The minimum atomic E-state index is -1.58. The SMILES string of the molecule is C#Cc1cccc(-c2cc(=O)n(CC3CC3)c3ncc(C(O)(c4ccc(Cl)cc4)c4cncn4C)cc23)c1. The molecule has 0 radical (unpaired) electrons. The highest BCUT2D eigenvalue weighted by Crippen LogP contribution is 2.39. The number of benzene rings is 2. The molecule has 1 saturated carbocycles. The number of rotatable bonds is 6. The fourth-order valence-corrected chi connectivity index (χ4v) is 5.19. The summed E-state index contributed by atoms with van der Waals surface area (Å²) in [6.45, 7) is 0.621. The molecule has 3 heterocycles. The van der Waals surface area contributed by atoms with Crippen LogP contribution >= 0.6 is 11.6 Å². The van der Waals surface area contributed by atoms with Gasteiger partial charge in [-0.3, -0.25) is 9.36 Å². The molecule has 188 valence electrons. The summed E-state index contributed by atoms with van der Waals surface area (Å²) in [6, 6.07) is 18.2. The number of aromatic nitrogens is 4. The second-order valence-electron chi connectivity index (χ2n) is 9.88. The quantitative estimate of drug-likeness (QED) is 0.315. The molecule has 0 bridgehead atoms. The number of pyridine rings is 2. The first-order valence-electron chi connectivity index (χ1n) is 12.4. The number of aliphatic hydroxyl groups is 1. The van der Waals surface area contributed by atoms with Gasteiger partial charge >= 0.3 is 0 Å². The molecule has 7 heteroatoms. The molecule has 3 aromatic heterocycles. The number of imidazole rings is 1. The third-order valence-corrected chi connectivity index (χ3v) is 7.54. The molecule has 1 aliphatic carbocycles. The summed E-state index contributed by atoms with van der Waals surface area (Å²) in [5, 5.41) is 13.8. The Labute approximate surface area is 225 Å². The Morgan fingerprint density at radius 1 is 1.11 bits per heavy atom. The maximum absolute atomic E-state index is 13.3. The highest BCUT2D eigenvalue weighted by molar-refractivity contribution is 6.30. The molecule has 5 aromatic rings. The van der Waals surface area contributed by atoms with E-state index in [1.807, 2.05) is 37.4 Å². The smallest absolute Gasteiger partial charge is 0.252 e. The van der Waals surface area contributed by atoms with E-state index in [2.05, 4.69) is 10.9 Å². The van der Waals surface area contributed by atoms with E-state index in [9.17, 15) is 9.90 Å². The van der Waals surface area contributed by atoms with Gasteiger partial charge in [0.15, 0.2) is 5.60 Å². The summed E-state index contributed by atoms with van der Waals surface area (Å²) in [7, 11) is 1.84. The molecule has 1 aliphatic rings. The largest absolute Gasteiger partial charge is 0.374 e. The summed E-state index contributed by atoms with van der Waals surface area (Å²) in [4.78, 5) is 22.4. The first-order valence-corrected chi connectivity index (χ1v) is 12.8. The van der Waals surface area contributed by atoms with Crippen LogP contribution in [-0.4, -0.2) is 24.2 Å². The van der Waals surface area contributed by atoms with Crippen LogP contribution in [0.1, 0.15) is 35.2 Å². The summed E-state index contributed by atoms with van der Waals surface area (Å²) in [5.74, 6) is 3.15. The average Bonchev–Trinajstić information content (AvgIpc) is 3.66. The Morgan fingerprint density at radius 3 is 2.58 bits per heavy atom. The third kappa shape index (κ3) is 4.10. The molecule has 6 rings (SSSR count). The van der Waals surface area contributed by atoms with Gasteiger partial charge in [0, 0.05) is 47.4 Å². The molecule has 1 fully saturated rings. The zero-order valence-electron chi connectivity index (χ0n) is 20.8. The number of fused-ring (bicyclic) bond motifs is 1. The van der Waals surface area contributed by atoms with Crippen molar-refractivity contribution >= 4 is 22.6 Å². The Hall–Kier alpha value is -4.18. The van der Waals surface area contributed by atoms with Crippen molar-refractivity contribution in [2.24, 2.45) is 13.0 Å². The van der Waals surface area contributed by atoms with Crippen LogP contribution in [0, 0.1) is 18.3 Å². The number of hydrogen-bond acceptors (Lipinski definition) is 4. The third-order valence-electron chi connectivity index (χ3n) is 7.29. The van der Waals surface area contributed by atoms with Crippen molar-refractivity contribution in [3.8, 4) is 23.5 Å². The van der Waals surface area contributed by atoms with Crippen molar-refractivity contribution in [3.05, 3.63) is 117 Å². The Kier molecular flexibility index (Phi) is 5.91. The van der Waals surface area contributed by atoms with E-state index in [1.54, 1.807) is 58.2 Å². The van der Waals surface area contributed by atoms with E-state index in [4.69, 9.17) is 23.0 Å². The van der Waals surface area contributed by atoms with E-state index >= 15 is 0 Å². The van der Waals surface area contributed by atoms with Gasteiger partial charge in [0.1, 0.15) is 5.65 Å². The Bertz CT molecular complexity index is 1780. The fraction of sp³-hybridized carbons (Fsp3) is 0.194. The average molecular weight is 521 g/mol. The molecule has 1 atom stereocenters. The van der Waals surface area contributed by atoms with Crippen molar-refractivity contribution in [2.45, 2.75) is 25.0 Å². The van der Waals surface area contributed by atoms with Crippen LogP contribution in [0.15, 0.2) is 84.2 Å². The standard InChI is InChI=1S/C31H25ClN4O2/c1-3-20-5-4-6-22(13-20)26-15-29(37)36(18-21-7-8-21)30-27(26)14-24(16-34-30)31(38,28-17-33-19-35(28)2)23-9-11-25(32)12-10-23/h1,4-6,9-17,19,21,38H,7-8,18H2,2H3. The normalized spacial score (nSPS) is 14.8. The number of halogens is 1. The lowest BCUT2D eigenvalue weighted by Gasteiger charge is -2.30. The maximum atomic E-state index is 13.3. The van der Waals surface area contributed by atoms with Crippen LogP contribution in [0.2, 0.25) is 5.02 Å². The van der Waals surface area contributed by atoms with Crippen molar-refractivity contribution in [1.82, 2.24) is 19.1 Å². The van der Waals surface area contributed by atoms with Gasteiger partial charge in [0.25, 0.3) is 5.56 Å². The van der Waals surface area contributed by atoms with Crippen LogP contribution in [0.25, 0.3) is 22.2 Å². The van der Waals surface area contributed by atoms with Crippen LogP contribution in [0.3, 0.4) is 0 Å². The highest BCUT2D eigenvalue weighted by atomic mass is 35.5. The number of terminal acetylenes is 1. The van der Waals surface area contributed by atoms with Crippen LogP contribution < -0.4 is 5.56 Å². The second-order valence-corrected chi connectivity index (χ2v) is 10.3. The lowest BCUT2D eigenvalue weighted by atomic mass is 9.83. The predicted molar refractivity (Wildman–Crippen MR) is 149 cm³/mol. The van der Waals surface area contributed by atoms with Crippen molar-refractivity contribution in [1.29, 1.82) is 0 Å². The first-order chi connectivity index (χ1) is 18.4. The molecule has 2 aromatic carbocycles. The Balaban J connectivity index is 1.65. The van der Waals surface area contributed by atoms with Gasteiger partial charge in [-0.15, -0.1) is 6.42 Å². The zero-order valence-corrected chi connectivity index (χ0v) is 21.6. The van der Waals surface area contributed by atoms with Gasteiger partial charge in [0.2, 0.25) is 0 Å². The molecule has 0 spiro atoms. The molecule has 0 amide bonds. The van der Waals surface area contributed by atoms with Gasteiger partial charge in [-0.25, -0.2) is 9.97 Å². The van der Waals surface area contributed by atoms with E-state index in [0.717, 1.165) is 29.4 Å². The molecule has 38 heavy (non-hydrogen) atoms. The van der Waals surface area contributed by atoms with Gasteiger partial charge in [-0.1, -0.05) is 41.8 Å². The van der Waals surface area contributed by atoms with Gasteiger partial charge < -0.3 is 9.67 Å². The Morgan fingerprint density at radius 2 is 1.89 bits per heavy atom. The van der Waals surface area contributed by atoms with Gasteiger partial charge in [-0.05, 0) is 65.8 Å². The minimum absolute atomic E-state index is 0.106. The van der Waals surface area contributed by atoms with E-state index in [-0.39, 0.29) is 5.56 Å². The highest BCUT2D eigenvalue weighted by Gasteiger charge is 2.37. The summed E-state index contributed by atoms with van der Waals surface area (Å²) in [5.41, 5.74) is 2.88. The molecule has 0 aliphatic heterocycles. The van der Waals surface area contributed by atoms with Crippen molar-refractivity contribution in [3.63, 3.8) is 0 Å². The maximum Gasteiger partial charge on any atom is 0.252 e. The van der Waals surface area contributed by atoms with Crippen LogP contribution in [0.5, 0.6) is 0 Å². The molecular weight excluding hydrogens is 496 g/mol. The minimum Gasteiger partial charge on any atom is -0.374 e. The monoisotopic (exact) mass is 520 g/mol. The van der Waals surface area contributed by atoms with E-state index in [1.165, 1.54) is 0 Å². The number of aryl methyl sites for hydroxylation is 1. The molecule has 1 N–H and O–H groups in total. The molecule has 0 saturated heterocycles. The second kappa shape index (κ2) is 9.29. The number of nitrogens with zero attached hydrogens (tertiary/aromatic N) is 4. The van der Waals surface area contributed by atoms with Gasteiger partial charge in [0.05, 0.1) is 18.2 Å². The zero-order chi connectivity index (χ0) is 26.4. The molecule has 1 unspecified atom stereocenters. The molecular formula is C31H25ClN4O2.